The van der Waals surface area contributed by atoms with Crippen LogP contribution in [0.2, 0.25) is 0 Å². The number of carbonyl (C=O) groups excluding carboxylic acids is 1. The zero-order valence-corrected chi connectivity index (χ0v) is 13.4. The lowest BCUT2D eigenvalue weighted by molar-refractivity contribution is -0.274. The molecule has 0 aliphatic rings. The second kappa shape index (κ2) is 7.31. The maximum Gasteiger partial charge on any atom is 0.573 e. The van der Waals surface area contributed by atoms with Crippen molar-refractivity contribution in [3.8, 4) is 28.4 Å². The lowest BCUT2D eigenvalue weighted by atomic mass is 10.0. The molecule has 3 nitrogen and oxygen atoms in total. The van der Waals surface area contributed by atoms with Crippen molar-refractivity contribution in [2.24, 2.45) is 0 Å². The summed E-state index contributed by atoms with van der Waals surface area (Å²) in [5.74, 6) is 0.685. The van der Waals surface area contributed by atoms with E-state index in [0.717, 1.165) is 0 Å². The fraction of sp³-hybridized carbons (Fsp3) is 0.0500. The van der Waals surface area contributed by atoms with Crippen LogP contribution < -0.4 is 9.47 Å². The molecule has 0 aromatic heterocycles. The Kier molecular flexibility index (Phi) is 4.93. The summed E-state index contributed by atoms with van der Waals surface area (Å²) in [6.07, 6.45) is -4.06. The van der Waals surface area contributed by atoms with Crippen molar-refractivity contribution in [1.29, 1.82) is 0 Å². The minimum absolute atomic E-state index is 0.305. The van der Waals surface area contributed by atoms with Gasteiger partial charge < -0.3 is 9.47 Å². The van der Waals surface area contributed by atoms with Crippen molar-refractivity contribution in [2.75, 3.05) is 0 Å². The van der Waals surface area contributed by atoms with Gasteiger partial charge >= 0.3 is 6.36 Å². The number of carbonyl (C=O) groups is 1. The van der Waals surface area contributed by atoms with E-state index in [1.165, 1.54) is 24.3 Å². The largest absolute Gasteiger partial charge is 0.573 e. The summed E-state index contributed by atoms with van der Waals surface area (Å²) in [5.41, 5.74) is 1.65. The number of alkyl halides is 3. The van der Waals surface area contributed by atoms with Gasteiger partial charge in [0.2, 0.25) is 0 Å². The molecule has 0 heterocycles. The number of hydrogen-bond acceptors (Lipinski definition) is 3. The lowest BCUT2D eigenvalue weighted by Crippen LogP contribution is -2.16. The van der Waals surface area contributed by atoms with Gasteiger partial charge in [-0.2, -0.15) is 0 Å². The van der Waals surface area contributed by atoms with Gasteiger partial charge in [0.25, 0.3) is 0 Å². The van der Waals surface area contributed by atoms with Crippen LogP contribution in [-0.4, -0.2) is 12.6 Å². The Bertz CT molecular complexity index is 888. The third kappa shape index (κ3) is 4.42. The quantitative estimate of drug-likeness (QED) is 0.536. The van der Waals surface area contributed by atoms with Gasteiger partial charge in [0.05, 0.1) is 5.56 Å². The molecule has 0 saturated heterocycles. The molecule has 0 spiro atoms. The van der Waals surface area contributed by atoms with Gasteiger partial charge in [0, 0.05) is 0 Å². The Hall–Kier alpha value is -3.28. The first kappa shape index (κ1) is 17.5. The van der Waals surface area contributed by atoms with Crippen LogP contribution in [0.3, 0.4) is 0 Å². The second-order valence-electron chi connectivity index (χ2n) is 5.36. The van der Waals surface area contributed by atoms with E-state index < -0.39 is 6.36 Å². The van der Waals surface area contributed by atoms with Gasteiger partial charge in [0.15, 0.2) is 6.29 Å². The highest BCUT2D eigenvalue weighted by Gasteiger charge is 2.30. The summed E-state index contributed by atoms with van der Waals surface area (Å²) in [4.78, 5) is 11.4. The van der Waals surface area contributed by atoms with Crippen LogP contribution in [-0.2, 0) is 0 Å². The second-order valence-corrected chi connectivity index (χ2v) is 5.36. The van der Waals surface area contributed by atoms with Crippen molar-refractivity contribution in [3.63, 3.8) is 0 Å². The Morgan fingerprint density at radius 1 is 0.769 bits per heavy atom. The van der Waals surface area contributed by atoms with E-state index in [4.69, 9.17) is 4.74 Å². The smallest absolute Gasteiger partial charge is 0.457 e. The maximum atomic E-state index is 12.2. The van der Waals surface area contributed by atoms with Gasteiger partial charge in [-0.3, -0.25) is 4.79 Å². The van der Waals surface area contributed by atoms with Crippen molar-refractivity contribution in [2.45, 2.75) is 6.36 Å². The van der Waals surface area contributed by atoms with Gasteiger partial charge in [-0.25, -0.2) is 0 Å². The number of benzene rings is 3. The highest BCUT2D eigenvalue weighted by Crippen LogP contribution is 2.31. The molecule has 0 amide bonds. The summed E-state index contributed by atoms with van der Waals surface area (Å²) in [6.45, 7) is 0. The molecule has 3 aromatic rings. The zero-order valence-electron chi connectivity index (χ0n) is 13.4. The number of halogens is 3. The Morgan fingerprint density at radius 3 is 2.04 bits per heavy atom. The van der Waals surface area contributed by atoms with Crippen LogP contribution in [0, 0.1) is 0 Å². The van der Waals surface area contributed by atoms with Gasteiger partial charge in [-0.15, -0.1) is 13.2 Å². The Labute approximate surface area is 147 Å². The first-order chi connectivity index (χ1) is 12.4. The van der Waals surface area contributed by atoms with Crippen LogP contribution in [0.5, 0.6) is 17.2 Å². The fourth-order valence-electron chi connectivity index (χ4n) is 2.38. The van der Waals surface area contributed by atoms with Gasteiger partial charge in [-0.05, 0) is 47.5 Å². The topological polar surface area (TPSA) is 35.5 Å². The van der Waals surface area contributed by atoms with E-state index in [2.05, 4.69) is 4.74 Å². The molecular weight excluding hydrogens is 345 g/mol. The molecule has 0 aliphatic heterocycles. The van der Waals surface area contributed by atoms with Crippen molar-refractivity contribution >= 4 is 6.29 Å². The highest BCUT2D eigenvalue weighted by molar-refractivity contribution is 5.83. The van der Waals surface area contributed by atoms with E-state index in [9.17, 15) is 18.0 Å². The van der Waals surface area contributed by atoms with Crippen LogP contribution in [0.1, 0.15) is 10.4 Å². The SMILES string of the molecule is O=Cc1cc(-c2ccc(OC(F)(F)F)cc2)ccc1Oc1ccccc1. The number of rotatable bonds is 5. The molecule has 6 heteroatoms. The molecule has 0 unspecified atom stereocenters. The number of hydrogen-bond donors (Lipinski definition) is 0. The third-order valence-corrected chi connectivity index (χ3v) is 3.53. The Balaban J connectivity index is 1.84. The highest BCUT2D eigenvalue weighted by atomic mass is 19.4. The summed E-state index contributed by atoms with van der Waals surface area (Å²) in [6, 6.07) is 19.4. The first-order valence-electron chi connectivity index (χ1n) is 7.63. The summed E-state index contributed by atoms with van der Waals surface area (Å²) in [7, 11) is 0. The molecule has 132 valence electrons. The molecule has 0 N–H and O–H groups in total. The van der Waals surface area contributed by atoms with Crippen LogP contribution in [0.15, 0.2) is 72.8 Å². The molecule has 3 rings (SSSR count). The molecule has 0 aliphatic carbocycles. The van der Waals surface area contributed by atoms with Crippen molar-refractivity contribution < 1.29 is 27.4 Å². The molecule has 3 aromatic carbocycles. The number of para-hydroxylation sites is 1. The minimum atomic E-state index is -4.73. The van der Waals surface area contributed by atoms with Crippen molar-refractivity contribution in [1.82, 2.24) is 0 Å². The predicted octanol–water partition coefficient (Wildman–Crippen LogP) is 5.86. The monoisotopic (exact) mass is 358 g/mol. The van der Waals surface area contributed by atoms with E-state index in [0.29, 0.717) is 34.5 Å². The normalized spacial score (nSPS) is 11.0. The lowest BCUT2D eigenvalue weighted by Gasteiger charge is -2.11. The van der Waals surface area contributed by atoms with E-state index >= 15 is 0 Å². The molecule has 26 heavy (non-hydrogen) atoms. The predicted molar refractivity (Wildman–Crippen MR) is 90.5 cm³/mol. The van der Waals surface area contributed by atoms with E-state index in [-0.39, 0.29) is 5.75 Å². The standard InChI is InChI=1S/C20H13F3O3/c21-20(22,23)26-18-9-6-14(7-10-18)15-8-11-19(16(12-15)13-24)25-17-4-2-1-3-5-17/h1-13H. The summed E-state index contributed by atoms with van der Waals surface area (Å²) >= 11 is 0. The summed E-state index contributed by atoms with van der Waals surface area (Å²) in [5, 5.41) is 0. The van der Waals surface area contributed by atoms with Gasteiger partial charge in [-0.1, -0.05) is 36.4 Å². The number of ether oxygens (including phenoxy) is 2. The average molecular weight is 358 g/mol. The van der Waals surface area contributed by atoms with Crippen LogP contribution >= 0.6 is 0 Å². The molecular formula is C20H13F3O3. The molecule has 0 fully saturated rings. The van der Waals surface area contributed by atoms with Crippen LogP contribution in [0.4, 0.5) is 13.2 Å². The molecule has 0 bridgehead atoms. The van der Waals surface area contributed by atoms with E-state index in [1.807, 2.05) is 18.2 Å². The Morgan fingerprint density at radius 2 is 1.42 bits per heavy atom. The van der Waals surface area contributed by atoms with Crippen molar-refractivity contribution in [3.05, 3.63) is 78.4 Å². The van der Waals surface area contributed by atoms with Crippen LogP contribution in [0.25, 0.3) is 11.1 Å². The maximum absolute atomic E-state index is 12.2. The third-order valence-electron chi connectivity index (χ3n) is 3.53. The average Bonchev–Trinajstić information content (AvgIpc) is 2.62. The van der Waals surface area contributed by atoms with Gasteiger partial charge in [0.1, 0.15) is 17.2 Å². The zero-order chi connectivity index (χ0) is 18.6. The minimum Gasteiger partial charge on any atom is -0.457 e. The first-order valence-corrected chi connectivity index (χ1v) is 7.63. The van der Waals surface area contributed by atoms with E-state index in [1.54, 1.807) is 30.3 Å². The molecule has 0 saturated carbocycles. The fourth-order valence-corrected chi connectivity index (χ4v) is 2.38. The number of aldehydes is 1. The summed E-state index contributed by atoms with van der Waals surface area (Å²) < 4.78 is 46.2. The molecule has 0 radical (unpaired) electrons. The molecule has 0 atom stereocenters.